The van der Waals surface area contributed by atoms with E-state index in [1.807, 2.05) is 0 Å². The molecule has 5 nitrogen and oxygen atoms in total. The number of carbonyl (C=O) groups is 2. The number of benzene rings is 1. The molecule has 1 fully saturated rings. The number of rotatable bonds is 3. The van der Waals surface area contributed by atoms with E-state index in [1.54, 1.807) is 11.0 Å². The molecule has 0 aliphatic carbocycles. The fourth-order valence-electron chi connectivity index (χ4n) is 1.96. The van der Waals surface area contributed by atoms with E-state index in [2.05, 4.69) is 10.6 Å². The molecular weight excluding hydrogens is 249 g/mol. The number of para-hydroxylation sites is 1. The fourth-order valence-corrected chi connectivity index (χ4v) is 1.96. The summed E-state index contributed by atoms with van der Waals surface area (Å²) in [5, 5.41) is 4.79. The first kappa shape index (κ1) is 13.3. The average molecular weight is 265 g/mol. The summed E-state index contributed by atoms with van der Waals surface area (Å²) >= 11 is 0. The second-order valence-electron chi connectivity index (χ2n) is 4.38. The first-order chi connectivity index (χ1) is 9.16. The minimum atomic E-state index is -0.586. The van der Waals surface area contributed by atoms with Crippen LogP contribution in [0.5, 0.6) is 0 Å². The highest BCUT2D eigenvalue weighted by Crippen LogP contribution is 2.11. The van der Waals surface area contributed by atoms with Gasteiger partial charge in [0.05, 0.1) is 12.2 Å². The molecule has 1 aromatic rings. The molecule has 2 N–H and O–H groups in total. The first-order valence-electron chi connectivity index (χ1n) is 6.24. The van der Waals surface area contributed by atoms with Gasteiger partial charge in [0.25, 0.3) is 0 Å². The van der Waals surface area contributed by atoms with Crippen LogP contribution in [0.3, 0.4) is 0 Å². The van der Waals surface area contributed by atoms with Crippen molar-refractivity contribution in [1.29, 1.82) is 0 Å². The number of hydrogen-bond donors (Lipinski definition) is 2. The number of carbonyl (C=O) groups excluding carboxylic acids is 2. The second-order valence-corrected chi connectivity index (χ2v) is 4.38. The normalized spacial score (nSPS) is 14.3. The van der Waals surface area contributed by atoms with E-state index in [0.717, 1.165) is 25.9 Å². The number of halogens is 1. The Morgan fingerprint density at radius 1 is 1.21 bits per heavy atom. The molecule has 0 atom stereocenters. The fraction of sp³-hybridized carbons (Fsp3) is 0.385. The minimum Gasteiger partial charge on any atom is -0.341 e. The van der Waals surface area contributed by atoms with Crippen LogP contribution in [0.15, 0.2) is 24.3 Å². The van der Waals surface area contributed by atoms with Gasteiger partial charge >= 0.3 is 6.03 Å². The number of likely N-dealkylation sites (tertiary alicyclic amines) is 1. The van der Waals surface area contributed by atoms with Gasteiger partial charge in [0, 0.05) is 13.1 Å². The minimum absolute atomic E-state index is 0.0692. The van der Waals surface area contributed by atoms with Crippen LogP contribution in [0.4, 0.5) is 14.9 Å². The lowest BCUT2D eigenvalue weighted by Gasteiger charge is -2.15. The summed E-state index contributed by atoms with van der Waals surface area (Å²) < 4.78 is 13.3. The third-order valence-electron chi connectivity index (χ3n) is 2.98. The lowest BCUT2D eigenvalue weighted by atomic mass is 10.3. The molecule has 3 amide bonds. The number of amides is 3. The van der Waals surface area contributed by atoms with E-state index in [1.165, 1.54) is 18.2 Å². The van der Waals surface area contributed by atoms with Crippen molar-refractivity contribution >= 4 is 17.6 Å². The highest BCUT2D eigenvalue weighted by molar-refractivity contribution is 5.92. The quantitative estimate of drug-likeness (QED) is 0.871. The summed E-state index contributed by atoms with van der Waals surface area (Å²) in [7, 11) is 0. The third-order valence-corrected chi connectivity index (χ3v) is 2.98. The van der Waals surface area contributed by atoms with E-state index in [9.17, 15) is 14.0 Å². The number of urea groups is 1. The number of anilines is 1. The molecule has 0 aromatic heterocycles. The van der Waals surface area contributed by atoms with Gasteiger partial charge in [-0.15, -0.1) is 0 Å². The van der Waals surface area contributed by atoms with Crippen molar-refractivity contribution in [3.8, 4) is 0 Å². The second kappa shape index (κ2) is 6.17. The van der Waals surface area contributed by atoms with Crippen molar-refractivity contribution in [2.45, 2.75) is 12.8 Å². The Bertz CT molecular complexity index is 473. The predicted molar refractivity (Wildman–Crippen MR) is 69.2 cm³/mol. The molecule has 0 spiro atoms. The average Bonchev–Trinajstić information content (AvgIpc) is 2.93. The van der Waals surface area contributed by atoms with Crippen molar-refractivity contribution in [2.75, 3.05) is 25.0 Å². The van der Waals surface area contributed by atoms with Crippen LogP contribution in [0, 0.1) is 5.82 Å². The summed E-state index contributed by atoms with van der Waals surface area (Å²) in [6.45, 7) is 1.42. The predicted octanol–water partition coefficient (Wildman–Crippen LogP) is 1.57. The molecule has 0 unspecified atom stereocenters. The highest BCUT2D eigenvalue weighted by atomic mass is 19.1. The number of hydrogen-bond acceptors (Lipinski definition) is 2. The molecule has 0 bridgehead atoms. The Hall–Kier alpha value is -2.11. The smallest absolute Gasteiger partial charge is 0.319 e. The molecule has 19 heavy (non-hydrogen) atoms. The number of nitrogens with one attached hydrogen (secondary N) is 2. The van der Waals surface area contributed by atoms with Gasteiger partial charge in [-0.1, -0.05) is 12.1 Å². The molecular formula is C13H16FN3O2. The van der Waals surface area contributed by atoms with Crippen LogP contribution < -0.4 is 10.6 Å². The maximum absolute atomic E-state index is 13.3. The van der Waals surface area contributed by atoms with Crippen molar-refractivity contribution in [2.24, 2.45) is 0 Å². The van der Waals surface area contributed by atoms with Crippen molar-refractivity contribution < 1.29 is 14.0 Å². The van der Waals surface area contributed by atoms with Gasteiger partial charge in [0.1, 0.15) is 5.82 Å². The van der Waals surface area contributed by atoms with Crippen LogP contribution >= 0.6 is 0 Å². The van der Waals surface area contributed by atoms with Crippen LogP contribution in [0.25, 0.3) is 0 Å². The molecule has 2 rings (SSSR count). The zero-order valence-electron chi connectivity index (χ0n) is 10.5. The van der Waals surface area contributed by atoms with Gasteiger partial charge < -0.3 is 15.5 Å². The zero-order chi connectivity index (χ0) is 13.7. The van der Waals surface area contributed by atoms with Crippen LogP contribution in [-0.2, 0) is 4.79 Å². The van der Waals surface area contributed by atoms with Crippen molar-refractivity contribution in [1.82, 2.24) is 10.2 Å². The maximum atomic E-state index is 13.3. The zero-order valence-corrected chi connectivity index (χ0v) is 10.5. The molecule has 0 saturated carbocycles. The molecule has 1 heterocycles. The van der Waals surface area contributed by atoms with Gasteiger partial charge in [-0.25, -0.2) is 9.18 Å². The highest BCUT2D eigenvalue weighted by Gasteiger charge is 2.18. The van der Waals surface area contributed by atoms with Gasteiger partial charge in [-0.2, -0.15) is 0 Å². The van der Waals surface area contributed by atoms with Crippen molar-refractivity contribution in [3.05, 3.63) is 30.1 Å². The lowest BCUT2D eigenvalue weighted by molar-refractivity contribution is -0.128. The summed E-state index contributed by atoms with van der Waals surface area (Å²) in [6.07, 6.45) is 2.01. The van der Waals surface area contributed by atoms with E-state index in [0.29, 0.717) is 0 Å². The molecule has 1 aliphatic heterocycles. The van der Waals surface area contributed by atoms with Gasteiger partial charge in [0.2, 0.25) is 5.91 Å². The Kier molecular flexibility index (Phi) is 4.33. The summed E-state index contributed by atoms with van der Waals surface area (Å²) in [5.74, 6) is -0.621. The molecule has 102 valence electrons. The Balaban J connectivity index is 1.78. The standard InChI is InChI=1S/C13H16FN3O2/c14-10-5-1-2-6-11(10)16-13(19)15-9-12(18)17-7-3-4-8-17/h1-2,5-6H,3-4,7-9H2,(H2,15,16,19). The molecule has 1 aliphatic rings. The van der Waals surface area contributed by atoms with Crippen LogP contribution in [-0.4, -0.2) is 36.5 Å². The summed E-state index contributed by atoms with van der Waals surface area (Å²) in [6, 6.07) is 5.28. The third kappa shape index (κ3) is 3.67. The Morgan fingerprint density at radius 3 is 2.58 bits per heavy atom. The summed E-state index contributed by atoms with van der Waals surface area (Å²) in [4.78, 5) is 24.9. The van der Waals surface area contributed by atoms with Gasteiger partial charge in [-0.3, -0.25) is 4.79 Å². The molecule has 6 heteroatoms. The van der Waals surface area contributed by atoms with E-state index in [4.69, 9.17) is 0 Å². The topological polar surface area (TPSA) is 61.4 Å². The van der Waals surface area contributed by atoms with E-state index >= 15 is 0 Å². The first-order valence-corrected chi connectivity index (χ1v) is 6.24. The van der Waals surface area contributed by atoms with E-state index in [-0.39, 0.29) is 18.1 Å². The Labute approximate surface area is 110 Å². The SMILES string of the molecule is O=C(NCC(=O)N1CCCC1)Nc1ccccc1F. The summed E-state index contributed by atoms with van der Waals surface area (Å²) in [5.41, 5.74) is 0.0913. The van der Waals surface area contributed by atoms with Gasteiger partial charge in [-0.05, 0) is 25.0 Å². The monoisotopic (exact) mass is 265 g/mol. The van der Waals surface area contributed by atoms with Gasteiger partial charge in [0.15, 0.2) is 0 Å². The largest absolute Gasteiger partial charge is 0.341 e. The van der Waals surface area contributed by atoms with Crippen LogP contribution in [0.1, 0.15) is 12.8 Å². The molecule has 0 radical (unpaired) electrons. The van der Waals surface area contributed by atoms with Crippen LogP contribution in [0.2, 0.25) is 0 Å². The Morgan fingerprint density at radius 2 is 1.89 bits per heavy atom. The molecule has 1 saturated heterocycles. The molecule has 1 aromatic carbocycles. The number of nitrogens with zero attached hydrogens (tertiary/aromatic N) is 1. The van der Waals surface area contributed by atoms with Crippen molar-refractivity contribution in [3.63, 3.8) is 0 Å². The lowest BCUT2D eigenvalue weighted by Crippen LogP contribution is -2.40. The maximum Gasteiger partial charge on any atom is 0.319 e. The van der Waals surface area contributed by atoms with E-state index < -0.39 is 11.8 Å².